The zero-order valence-electron chi connectivity index (χ0n) is 18.9. The highest BCUT2D eigenvalue weighted by Crippen LogP contribution is 2.69. The Labute approximate surface area is 190 Å². The molecule has 0 radical (unpaired) electrons. The molecule has 0 amide bonds. The lowest BCUT2D eigenvalue weighted by Gasteiger charge is -2.62. The van der Waals surface area contributed by atoms with E-state index in [0.717, 1.165) is 43.4 Å². The van der Waals surface area contributed by atoms with Crippen molar-refractivity contribution in [2.75, 3.05) is 5.75 Å². The summed E-state index contributed by atoms with van der Waals surface area (Å²) in [5, 5.41) is 41.9. The van der Waals surface area contributed by atoms with Gasteiger partial charge in [0.1, 0.15) is 5.75 Å². The highest BCUT2D eigenvalue weighted by molar-refractivity contribution is 7.99. The second-order valence-corrected chi connectivity index (χ2v) is 12.7. The van der Waals surface area contributed by atoms with Crippen LogP contribution in [-0.2, 0) is 0 Å². The topological polar surface area (TPSA) is 80.9 Å². The van der Waals surface area contributed by atoms with Crippen LogP contribution in [0.2, 0.25) is 0 Å². The fourth-order valence-corrected chi connectivity index (χ4v) is 9.53. The Morgan fingerprint density at radius 1 is 0.871 bits per heavy atom. The summed E-state index contributed by atoms with van der Waals surface area (Å²) in [5.74, 6) is 1.78. The van der Waals surface area contributed by atoms with Crippen molar-refractivity contribution < 1.29 is 20.4 Å². The Hall–Kier alpha value is -0.750. The van der Waals surface area contributed by atoms with E-state index in [0.29, 0.717) is 42.3 Å². The van der Waals surface area contributed by atoms with Gasteiger partial charge in [-0.25, -0.2) is 0 Å². The number of hydrogen-bond donors (Lipinski definition) is 4. The van der Waals surface area contributed by atoms with Gasteiger partial charge in [0.25, 0.3) is 0 Å². The van der Waals surface area contributed by atoms with E-state index in [4.69, 9.17) is 0 Å². The molecule has 5 rings (SSSR count). The monoisotopic (exact) mass is 446 g/mol. The van der Waals surface area contributed by atoms with Crippen molar-refractivity contribution in [3.05, 3.63) is 24.3 Å². The zero-order chi connectivity index (χ0) is 22.1. The Balaban J connectivity index is 1.34. The molecule has 4 N–H and O–H groups in total. The molecule has 0 saturated heterocycles. The Kier molecular flexibility index (Phi) is 5.25. The van der Waals surface area contributed by atoms with Crippen molar-refractivity contribution in [2.24, 2.45) is 34.5 Å². The molecule has 4 nitrogen and oxygen atoms in total. The molecule has 4 aliphatic rings. The summed E-state index contributed by atoms with van der Waals surface area (Å²) in [6.45, 7) is 4.77. The number of phenols is 1. The fraction of sp³-hybridized carbons (Fsp3) is 0.769. The predicted molar refractivity (Wildman–Crippen MR) is 123 cm³/mol. The van der Waals surface area contributed by atoms with Gasteiger partial charge in [-0.15, -0.1) is 11.8 Å². The van der Waals surface area contributed by atoms with E-state index >= 15 is 0 Å². The van der Waals surface area contributed by atoms with E-state index < -0.39 is 11.4 Å². The van der Waals surface area contributed by atoms with Gasteiger partial charge in [-0.05, 0) is 98.3 Å². The number of hydrogen-bond acceptors (Lipinski definition) is 5. The highest BCUT2D eigenvalue weighted by Gasteiger charge is 2.65. The summed E-state index contributed by atoms with van der Waals surface area (Å²) in [4.78, 5) is 1.10. The number of thioether (sulfide) groups is 1. The van der Waals surface area contributed by atoms with Crippen LogP contribution in [-0.4, -0.2) is 37.6 Å². The van der Waals surface area contributed by atoms with Crippen molar-refractivity contribution in [1.29, 1.82) is 0 Å². The van der Waals surface area contributed by atoms with Gasteiger partial charge >= 0.3 is 0 Å². The van der Waals surface area contributed by atoms with Gasteiger partial charge in [-0.3, -0.25) is 0 Å². The third kappa shape index (κ3) is 3.46. The molecule has 0 bridgehead atoms. The minimum atomic E-state index is -1.47. The molecule has 7 atom stereocenters. The molecule has 0 spiro atoms. The molecule has 4 aliphatic carbocycles. The molecule has 0 unspecified atom stereocenters. The Bertz CT molecular complexity index is 825. The minimum Gasteiger partial charge on any atom is -0.508 e. The number of fused-ring (bicyclic) bond motifs is 5. The van der Waals surface area contributed by atoms with Crippen LogP contribution in [0.1, 0.15) is 71.6 Å². The first-order chi connectivity index (χ1) is 14.6. The van der Waals surface area contributed by atoms with Crippen LogP contribution in [0.25, 0.3) is 0 Å². The van der Waals surface area contributed by atoms with E-state index in [9.17, 15) is 20.4 Å². The first-order valence-corrected chi connectivity index (χ1v) is 13.1. The van der Waals surface area contributed by atoms with Crippen LogP contribution in [0.3, 0.4) is 0 Å². The maximum atomic E-state index is 11.9. The average Bonchev–Trinajstić information content (AvgIpc) is 2.99. The van der Waals surface area contributed by atoms with Crippen molar-refractivity contribution in [2.45, 2.75) is 87.9 Å². The smallest absolute Gasteiger partial charge is 0.162 e. The van der Waals surface area contributed by atoms with Crippen molar-refractivity contribution in [3.63, 3.8) is 0 Å². The van der Waals surface area contributed by atoms with Crippen molar-refractivity contribution in [1.82, 2.24) is 0 Å². The first-order valence-electron chi connectivity index (χ1n) is 12.2. The second kappa shape index (κ2) is 7.38. The van der Waals surface area contributed by atoms with E-state index in [1.54, 1.807) is 23.9 Å². The highest BCUT2D eigenvalue weighted by atomic mass is 32.2. The molecule has 172 valence electrons. The van der Waals surface area contributed by atoms with Crippen LogP contribution < -0.4 is 0 Å². The first kappa shape index (κ1) is 22.1. The molecule has 31 heavy (non-hydrogen) atoms. The molecular weight excluding hydrogens is 408 g/mol. The summed E-state index contributed by atoms with van der Waals surface area (Å²) in [6, 6.07) is 7.30. The third-order valence-corrected chi connectivity index (χ3v) is 11.6. The number of benzene rings is 1. The van der Waals surface area contributed by atoms with Gasteiger partial charge in [0.05, 0.1) is 5.60 Å². The molecule has 0 aromatic heterocycles. The lowest BCUT2D eigenvalue weighted by Crippen LogP contribution is -2.58. The molecule has 4 fully saturated rings. The number of aromatic hydroxyl groups is 1. The normalized spacial score (nSPS) is 46.1. The quantitative estimate of drug-likeness (QED) is 0.391. The molecule has 4 saturated carbocycles. The molecular formula is C26H38O4S. The summed E-state index contributed by atoms with van der Waals surface area (Å²) in [6.07, 6.45) is 8.40. The molecule has 1 aromatic carbocycles. The fourth-order valence-electron chi connectivity index (χ4n) is 8.32. The van der Waals surface area contributed by atoms with E-state index in [2.05, 4.69) is 13.8 Å². The molecule has 1 aromatic rings. The predicted octanol–water partition coefficient (Wildman–Crippen LogP) is 4.94. The zero-order valence-corrected chi connectivity index (χ0v) is 19.7. The van der Waals surface area contributed by atoms with Gasteiger partial charge in [-0.2, -0.15) is 0 Å². The SMILES string of the molecule is C[C@]12CCC(O)(O)C[C@@H]1CC[C@@H]1[C@@H]2CC[C@@]2(C)[C@H]1CC[C@@]2(O)CSc1ccc(O)cc1. The lowest BCUT2D eigenvalue weighted by atomic mass is 9.44. The molecule has 0 aliphatic heterocycles. The van der Waals surface area contributed by atoms with Gasteiger partial charge < -0.3 is 20.4 Å². The summed E-state index contributed by atoms with van der Waals surface area (Å²) < 4.78 is 0. The van der Waals surface area contributed by atoms with Crippen LogP contribution in [0.5, 0.6) is 5.75 Å². The van der Waals surface area contributed by atoms with Crippen LogP contribution in [0.4, 0.5) is 0 Å². The van der Waals surface area contributed by atoms with Crippen molar-refractivity contribution >= 4 is 11.8 Å². The van der Waals surface area contributed by atoms with E-state index in [-0.39, 0.29) is 16.6 Å². The van der Waals surface area contributed by atoms with Crippen LogP contribution >= 0.6 is 11.8 Å². The van der Waals surface area contributed by atoms with Gasteiger partial charge in [-0.1, -0.05) is 13.8 Å². The number of rotatable bonds is 3. The number of phenolic OH excluding ortho intramolecular Hbond substituents is 1. The number of aliphatic hydroxyl groups is 3. The summed E-state index contributed by atoms with van der Waals surface area (Å²) in [7, 11) is 0. The Morgan fingerprint density at radius 3 is 2.32 bits per heavy atom. The minimum absolute atomic E-state index is 0.0480. The maximum Gasteiger partial charge on any atom is 0.162 e. The second-order valence-electron chi connectivity index (χ2n) is 11.7. The maximum absolute atomic E-state index is 11.9. The van der Waals surface area contributed by atoms with E-state index in [1.807, 2.05) is 12.1 Å². The summed E-state index contributed by atoms with van der Waals surface area (Å²) >= 11 is 1.71. The summed E-state index contributed by atoms with van der Waals surface area (Å²) in [5.41, 5.74) is -0.491. The van der Waals surface area contributed by atoms with Gasteiger partial charge in [0.15, 0.2) is 5.79 Å². The van der Waals surface area contributed by atoms with Crippen molar-refractivity contribution in [3.8, 4) is 5.75 Å². The standard InChI is InChI=1S/C26H38O4S/c1-23-13-14-26(29,30)15-17(23)3-8-20-21(23)9-11-24(2)22(20)10-12-25(24,28)16-31-19-6-4-18(27)5-7-19/h4-7,17,20-22,27-30H,3,8-16H2,1-2H3/t17-,20+,21-,22-,23-,24-,25+/m0/s1. The Morgan fingerprint density at radius 2 is 1.58 bits per heavy atom. The third-order valence-electron chi connectivity index (χ3n) is 10.3. The van der Waals surface area contributed by atoms with E-state index in [1.165, 1.54) is 6.42 Å². The van der Waals surface area contributed by atoms with Gasteiger partial charge in [0.2, 0.25) is 0 Å². The van der Waals surface area contributed by atoms with Gasteiger partial charge in [0, 0.05) is 28.9 Å². The van der Waals surface area contributed by atoms with Crippen LogP contribution in [0, 0.1) is 34.5 Å². The average molecular weight is 447 g/mol. The molecule has 0 heterocycles. The largest absolute Gasteiger partial charge is 0.508 e. The molecule has 5 heteroatoms. The lowest BCUT2D eigenvalue weighted by molar-refractivity contribution is -0.235. The van der Waals surface area contributed by atoms with Crippen LogP contribution in [0.15, 0.2) is 29.2 Å².